The lowest BCUT2D eigenvalue weighted by atomic mass is 10.1. The molecule has 0 amide bonds. The SMILES string of the molecule is CCc1nc(CN2CCN(c3cc(C)nc4c([N+](=O)[O-])cccc34)CC2)cs1. The minimum Gasteiger partial charge on any atom is -0.368 e. The van der Waals surface area contributed by atoms with Gasteiger partial charge in [0.1, 0.15) is 0 Å². The number of hydrogen-bond donors (Lipinski definition) is 0. The van der Waals surface area contributed by atoms with Gasteiger partial charge in [0.25, 0.3) is 5.69 Å². The van der Waals surface area contributed by atoms with Gasteiger partial charge >= 0.3 is 0 Å². The molecular formula is C20H23N5O2S. The highest BCUT2D eigenvalue weighted by molar-refractivity contribution is 7.09. The molecule has 1 aromatic carbocycles. The van der Waals surface area contributed by atoms with Gasteiger partial charge in [-0.2, -0.15) is 0 Å². The van der Waals surface area contributed by atoms with Gasteiger partial charge < -0.3 is 4.90 Å². The van der Waals surface area contributed by atoms with Crippen LogP contribution in [0, 0.1) is 17.0 Å². The van der Waals surface area contributed by atoms with Crippen LogP contribution in [0.5, 0.6) is 0 Å². The molecule has 0 atom stereocenters. The summed E-state index contributed by atoms with van der Waals surface area (Å²) in [6.45, 7) is 8.55. The summed E-state index contributed by atoms with van der Waals surface area (Å²) in [5.74, 6) is 0. The van der Waals surface area contributed by atoms with Crippen molar-refractivity contribution >= 4 is 33.6 Å². The number of para-hydroxylation sites is 1. The summed E-state index contributed by atoms with van der Waals surface area (Å²) in [4.78, 5) is 24.9. The Labute approximate surface area is 167 Å². The van der Waals surface area contributed by atoms with E-state index in [1.807, 2.05) is 19.1 Å². The highest BCUT2D eigenvalue weighted by atomic mass is 32.1. The highest BCUT2D eigenvalue weighted by Gasteiger charge is 2.22. The monoisotopic (exact) mass is 397 g/mol. The Bertz CT molecular complexity index is 1010. The van der Waals surface area contributed by atoms with Crippen molar-refractivity contribution in [3.05, 3.63) is 56.2 Å². The Morgan fingerprint density at radius 1 is 1.21 bits per heavy atom. The summed E-state index contributed by atoms with van der Waals surface area (Å²) >= 11 is 1.73. The van der Waals surface area contributed by atoms with Crippen molar-refractivity contribution in [1.29, 1.82) is 0 Å². The van der Waals surface area contributed by atoms with Crippen molar-refractivity contribution in [1.82, 2.24) is 14.9 Å². The minimum absolute atomic E-state index is 0.0661. The van der Waals surface area contributed by atoms with Crippen molar-refractivity contribution in [2.45, 2.75) is 26.8 Å². The number of aromatic nitrogens is 2. The molecule has 1 aliphatic heterocycles. The van der Waals surface area contributed by atoms with Crippen LogP contribution in [0.1, 0.15) is 23.3 Å². The molecule has 0 spiro atoms. The molecule has 1 aliphatic rings. The van der Waals surface area contributed by atoms with E-state index < -0.39 is 0 Å². The van der Waals surface area contributed by atoms with Gasteiger partial charge in [0.2, 0.25) is 0 Å². The smallest absolute Gasteiger partial charge is 0.295 e. The second kappa shape index (κ2) is 7.81. The largest absolute Gasteiger partial charge is 0.368 e. The van der Waals surface area contributed by atoms with Gasteiger partial charge in [-0.05, 0) is 19.4 Å². The van der Waals surface area contributed by atoms with Gasteiger partial charge in [-0.25, -0.2) is 9.97 Å². The number of benzene rings is 1. The summed E-state index contributed by atoms with van der Waals surface area (Å²) in [6.07, 6.45) is 0.985. The average molecular weight is 398 g/mol. The highest BCUT2D eigenvalue weighted by Crippen LogP contribution is 2.32. The van der Waals surface area contributed by atoms with Crippen LogP contribution in [-0.4, -0.2) is 46.0 Å². The van der Waals surface area contributed by atoms with E-state index in [1.165, 1.54) is 11.1 Å². The summed E-state index contributed by atoms with van der Waals surface area (Å²) in [7, 11) is 0. The maximum Gasteiger partial charge on any atom is 0.295 e. The lowest BCUT2D eigenvalue weighted by molar-refractivity contribution is -0.383. The Morgan fingerprint density at radius 3 is 2.68 bits per heavy atom. The number of aryl methyl sites for hydroxylation is 2. The van der Waals surface area contributed by atoms with Crippen molar-refractivity contribution in [2.75, 3.05) is 31.1 Å². The zero-order valence-electron chi connectivity index (χ0n) is 16.1. The quantitative estimate of drug-likeness (QED) is 0.482. The van der Waals surface area contributed by atoms with E-state index >= 15 is 0 Å². The van der Waals surface area contributed by atoms with Gasteiger partial charge in [-0.3, -0.25) is 15.0 Å². The van der Waals surface area contributed by atoms with Crippen LogP contribution in [-0.2, 0) is 13.0 Å². The number of piperazine rings is 1. The standard InChI is InChI=1S/C20H23N5O2S/c1-3-19-22-15(13-28-19)12-23-7-9-24(10-8-23)18-11-14(2)21-20-16(18)5-4-6-17(20)25(26)27/h4-6,11,13H,3,7-10,12H2,1-2H3. The maximum absolute atomic E-state index is 11.4. The lowest BCUT2D eigenvalue weighted by Crippen LogP contribution is -2.46. The summed E-state index contributed by atoms with van der Waals surface area (Å²) < 4.78 is 0. The van der Waals surface area contributed by atoms with Crippen molar-refractivity contribution in [2.24, 2.45) is 0 Å². The van der Waals surface area contributed by atoms with Crippen LogP contribution >= 0.6 is 11.3 Å². The third kappa shape index (κ3) is 3.70. The normalized spacial score (nSPS) is 15.3. The molecule has 7 nitrogen and oxygen atoms in total. The van der Waals surface area contributed by atoms with E-state index in [9.17, 15) is 10.1 Å². The van der Waals surface area contributed by atoms with Crippen LogP contribution in [0.15, 0.2) is 29.6 Å². The number of anilines is 1. The van der Waals surface area contributed by atoms with E-state index in [0.717, 1.165) is 61.6 Å². The summed E-state index contributed by atoms with van der Waals surface area (Å²) in [5, 5.41) is 15.6. The fourth-order valence-electron chi connectivity index (χ4n) is 3.71. The van der Waals surface area contributed by atoms with Gasteiger partial charge in [0.15, 0.2) is 5.52 Å². The molecule has 3 aromatic rings. The van der Waals surface area contributed by atoms with Crippen LogP contribution in [0.2, 0.25) is 0 Å². The van der Waals surface area contributed by atoms with Gasteiger partial charge in [-0.15, -0.1) is 11.3 Å². The first kappa shape index (κ1) is 18.8. The molecule has 0 aliphatic carbocycles. The fourth-order valence-corrected chi connectivity index (χ4v) is 4.44. The second-order valence-corrected chi connectivity index (χ2v) is 8.01. The number of hydrogen-bond acceptors (Lipinski definition) is 7. The molecule has 0 unspecified atom stereocenters. The zero-order valence-corrected chi connectivity index (χ0v) is 16.9. The molecule has 0 saturated carbocycles. The van der Waals surface area contributed by atoms with E-state index in [0.29, 0.717) is 5.52 Å². The molecule has 1 fully saturated rings. The van der Waals surface area contributed by atoms with Crippen molar-refractivity contribution < 1.29 is 4.92 Å². The topological polar surface area (TPSA) is 75.4 Å². The van der Waals surface area contributed by atoms with E-state index in [1.54, 1.807) is 17.4 Å². The lowest BCUT2D eigenvalue weighted by Gasteiger charge is -2.36. The molecule has 146 valence electrons. The Kier molecular flexibility index (Phi) is 5.23. The Morgan fingerprint density at radius 2 is 2.00 bits per heavy atom. The van der Waals surface area contributed by atoms with Crippen molar-refractivity contribution in [3.8, 4) is 0 Å². The second-order valence-electron chi connectivity index (χ2n) is 7.06. The maximum atomic E-state index is 11.4. The molecule has 28 heavy (non-hydrogen) atoms. The molecule has 8 heteroatoms. The fraction of sp³-hybridized carbons (Fsp3) is 0.400. The zero-order chi connectivity index (χ0) is 19.7. The molecule has 3 heterocycles. The van der Waals surface area contributed by atoms with Crippen molar-refractivity contribution in [3.63, 3.8) is 0 Å². The van der Waals surface area contributed by atoms with E-state index in [-0.39, 0.29) is 10.6 Å². The molecule has 1 saturated heterocycles. The third-order valence-corrected chi connectivity index (χ3v) is 6.16. The van der Waals surface area contributed by atoms with Gasteiger partial charge in [-0.1, -0.05) is 19.1 Å². The summed E-state index contributed by atoms with van der Waals surface area (Å²) in [6, 6.07) is 7.23. The number of thiazole rings is 1. The third-order valence-electron chi connectivity index (χ3n) is 5.12. The van der Waals surface area contributed by atoms with Crippen LogP contribution in [0.3, 0.4) is 0 Å². The first-order chi connectivity index (χ1) is 13.5. The first-order valence-electron chi connectivity index (χ1n) is 9.50. The van der Waals surface area contributed by atoms with Gasteiger partial charge in [0.05, 0.1) is 15.6 Å². The van der Waals surface area contributed by atoms with Crippen LogP contribution in [0.25, 0.3) is 10.9 Å². The molecule has 0 N–H and O–H groups in total. The number of nitro groups is 1. The minimum atomic E-state index is -0.352. The summed E-state index contributed by atoms with van der Waals surface area (Å²) in [5.41, 5.74) is 3.52. The number of rotatable bonds is 5. The predicted octanol–water partition coefficient (Wildman–Crippen LogP) is 3.79. The van der Waals surface area contributed by atoms with E-state index in [4.69, 9.17) is 0 Å². The number of nitro benzene ring substituents is 1. The van der Waals surface area contributed by atoms with Crippen LogP contribution in [0.4, 0.5) is 11.4 Å². The Balaban J connectivity index is 1.53. The molecule has 2 aromatic heterocycles. The molecule has 4 rings (SSSR count). The number of pyridine rings is 1. The van der Waals surface area contributed by atoms with Gasteiger partial charge in [0, 0.05) is 60.9 Å². The molecule has 0 bridgehead atoms. The number of nitrogens with zero attached hydrogens (tertiary/aromatic N) is 5. The molecule has 0 radical (unpaired) electrons. The predicted molar refractivity (Wildman–Crippen MR) is 112 cm³/mol. The number of non-ortho nitro benzene ring substituents is 1. The first-order valence-corrected chi connectivity index (χ1v) is 10.4. The average Bonchev–Trinajstić information content (AvgIpc) is 3.15. The van der Waals surface area contributed by atoms with Crippen LogP contribution < -0.4 is 4.90 Å². The number of fused-ring (bicyclic) bond motifs is 1. The Hall–Kier alpha value is -2.58. The van der Waals surface area contributed by atoms with E-state index in [2.05, 4.69) is 32.1 Å². The molecular weight excluding hydrogens is 374 g/mol.